The number of imide groups is 1. The Hall–Kier alpha value is -5.24. The number of aromatic hydroxyl groups is 1. The maximum atomic E-state index is 14.5. The fraction of sp³-hybridized carbons (Fsp3) is 0.152. The minimum atomic E-state index is -1.14. The Kier molecular flexibility index (Phi) is 5.54. The van der Waals surface area contributed by atoms with Crippen LogP contribution in [0.1, 0.15) is 38.5 Å². The molecule has 4 aromatic carbocycles. The van der Waals surface area contributed by atoms with Crippen molar-refractivity contribution in [3.63, 3.8) is 0 Å². The fourth-order valence-corrected chi connectivity index (χ4v) is 7.02. The Balaban J connectivity index is 1.42. The number of para-hydroxylation sites is 3. The number of rotatable bonds is 5. The predicted molar refractivity (Wildman–Crippen MR) is 152 cm³/mol. The molecule has 0 unspecified atom stereocenters. The number of ether oxygens (including phenoxy) is 1. The number of nitrogens with zero attached hydrogens (tertiary/aromatic N) is 2. The van der Waals surface area contributed by atoms with Gasteiger partial charge in [0, 0.05) is 12.1 Å². The lowest BCUT2D eigenvalue weighted by Crippen LogP contribution is -2.54. The molecule has 1 heterocycles. The first-order valence-electron chi connectivity index (χ1n) is 13.3. The zero-order valence-electron chi connectivity index (χ0n) is 22.0. The van der Waals surface area contributed by atoms with Crippen molar-refractivity contribution in [2.45, 2.75) is 11.3 Å². The Labute approximate surface area is 235 Å². The highest BCUT2D eigenvalue weighted by Crippen LogP contribution is 2.63. The second-order valence-corrected chi connectivity index (χ2v) is 10.4. The van der Waals surface area contributed by atoms with Gasteiger partial charge < -0.3 is 9.84 Å². The molecule has 0 radical (unpaired) electrons. The molecule has 8 heteroatoms. The van der Waals surface area contributed by atoms with Crippen molar-refractivity contribution < 1.29 is 24.2 Å². The van der Waals surface area contributed by atoms with Gasteiger partial charge in [-0.1, -0.05) is 72.8 Å². The monoisotopic (exact) mass is 543 g/mol. The number of carbonyl (C=O) groups is 3. The Morgan fingerprint density at radius 1 is 0.878 bits per heavy atom. The summed E-state index contributed by atoms with van der Waals surface area (Å²) in [4.78, 5) is 42.9. The van der Waals surface area contributed by atoms with Crippen LogP contribution in [0.3, 0.4) is 0 Å². The van der Waals surface area contributed by atoms with Crippen LogP contribution in [0.5, 0.6) is 11.5 Å². The molecule has 4 aliphatic rings. The molecule has 2 N–H and O–H groups in total. The van der Waals surface area contributed by atoms with E-state index in [1.165, 1.54) is 24.1 Å². The summed E-state index contributed by atoms with van der Waals surface area (Å²) in [5.74, 6) is -2.80. The zero-order chi connectivity index (χ0) is 28.3. The summed E-state index contributed by atoms with van der Waals surface area (Å²) in [5, 5.41) is 14.5. The van der Waals surface area contributed by atoms with Gasteiger partial charge in [-0.3, -0.25) is 14.4 Å². The lowest BCUT2D eigenvalue weighted by molar-refractivity contribution is -0.122. The van der Waals surface area contributed by atoms with Gasteiger partial charge in [-0.25, -0.2) is 10.3 Å². The number of nitrogens with one attached hydrogen (secondary N) is 1. The van der Waals surface area contributed by atoms with Crippen LogP contribution >= 0.6 is 0 Å². The van der Waals surface area contributed by atoms with Gasteiger partial charge >= 0.3 is 0 Å². The van der Waals surface area contributed by atoms with E-state index in [-0.39, 0.29) is 29.0 Å². The van der Waals surface area contributed by atoms with E-state index < -0.39 is 23.2 Å². The minimum Gasteiger partial charge on any atom is -0.507 e. The maximum Gasteiger partial charge on any atom is 0.275 e. The molecule has 3 amide bonds. The molecule has 2 bridgehead atoms. The summed E-state index contributed by atoms with van der Waals surface area (Å²) < 4.78 is 5.53. The van der Waals surface area contributed by atoms with Crippen molar-refractivity contribution in [3.8, 4) is 11.5 Å². The number of methoxy groups -OCH3 is 1. The average Bonchev–Trinajstić information content (AvgIpc) is 3.27. The van der Waals surface area contributed by atoms with Gasteiger partial charge in [-0.05, 0) is 46.5 Å². The maximum absolute atomic E-state index is 14.5. The molecule has 0 aromatic heterocycles. The standard InChI is InChI=1S/C33H25N3O5/c1-41-26-17-9-7-15-24(26)36-31(39)28-27-19-10-2-5-13-22(19)33(29(28)32(36)40,23-14-6-3-11-20(23)27)18-34-35-30(38)21-12-4-8-16-25(21)37/h2-18,27-29,37H,1H3,(H,35,38)/b34-18+/t27?,28-,29+,33?/m0/s1. The summed E-state index contributed by atoms with van der Waals surface area (Å²) in [5.41, 5.74) is 5.51. The third-order valence-corrected chi connectivity index (χ3v) is 8.59. The molecule has 41 heavy (non-hydrogen) atoms. The van der Waals surface area contributed by atoms with Crippen molar-refractivity contribution in [3.05, 3.63) is 125 Å². The van der Waals surface area contributed by atoms with Crippen molar-refractivity contribution >= 4 is 29.6 Å². The van der Waals surface area contributed by atoms with Crippen LogP contribution in [0.4, 0.5) is 5.69 Å². The largest absolute Gasteiger partial charge is 0.507 e. The van der Waals surface area contributed by atoms with Crippen LogP contribution in [0, 0.1) is 11.8 Å². The molecule has 0 saturated carbocycles. The lowest BCUT2D eigenvalue weighted by Gasteiger charge is -2.52. The highest BCUT2D eigenvalue weighted by Gasteiger charge is 2.68. The molecule has 3 aliphatic carbocycles. The lowest BCUT2D eigenvalue weighted by atomic mass is 9.47. The van der Waals surface area contributed by atoms with Crippen molar-refractivity contribution in [1.29, 1.82) is 0 Å². The number of hydrazone groups is 1. The summed E-state index contributed by atoms with van der Waals surface area (Å²) in [6.45, 7) is 0. The highest BCUT2D eigenvalue weighted by atomic mass is 16.5. The smallest absolute Gasteiger partial charge is 0.275 e. The van der Waals surface area contributed by atoms with Gasteiger partial charge in [0.1, 0.15) is 11.5 Å². The molecule has 0 spiro atoms. The van der Waals surface area contributed by atoms with Crippen molar-refractivity contribution in [2.75, 3.05) is 12.0 Å². The number of benzene rings is 4. The third kappa shape index (κ3) is 3.34. The highest BCUT2D eigenvalue weighted by molar-refractivity contribution is 6.25. The van der Waals surface area contributed by atoms with E-state index in [4.69, 9.17) is 4.74 Å². The molecule has 8 nitrogen and oxygen atoms in total. The summed E-state index contributed by atoms with van der Waals surface area (Å²) in [7, 11) is 1.51. The number of hydrogen-bond acceptors (Lipinski definition) is 6. The first kappa shape index (κ1) is 24.8. The van der Waals surface area contributed by atoms with E-state index in [2.05, 4.69) is 10.5 Å². The van der Waals surface area contributed by atoms with Crippen molar-refractivity contribution in [1.82, 2.24) is 5.43 Å². The van der Waals surface area contributed by atoms with Crippen LogP contribution in [0.25, 0.3) is 0 Å². The third-order valence-electron chi connectivity index (χ3n) is 8.59. The van der Waals surface area contributed by atoms with Crippen LogP contribution in [-0.2, 0) is 15.0 Å². The number of anilines is 1. The average molecular weight is 544 g/mol. The molecule has 8 rings (SSSR count). The van der Waals surface area contributed by atoms with Gasteiger partial charge in [-0.15, -0.1) is 0 Å². The SMILES string of the molecule is COc1ccccc1N1C(=O)[C@H]2C3c4ccccc4C(/C=N/NC(=O)c4ccccc4O)(c4ccccc43)[C@H]2C1=O. The van der Waals surface area contributed by atoms with Gasteiger partial charge in [-0.2, -0.15) is 5.10 Å². The second kappa shape index (κ2) is 9.16. The molecule has 2 atom stereocenters. The molecule has 1 fully saturated rings. The van der Waals surface area contributed by atoms with E-state index in [1.54, 1.807) is 42.6 Å². The summed E-state index contributed by atoms with van der Waals surface area (Å²) in [6, 6.07) is 28.8. The molecule has 202 valence electrons. The fourth-order valence-electron chi connectivity index (χ4n) is 7.02. The number of carbonyl (C=O) groups excluding carboxylic acids is 3. The Morgan fingerprint density at radius 2 is 1.49 bits per heavy atom. The molecule has 1 saturated heterocycles. The van der Waals surface area contributed by atoms with E-state index in [1.807, 2.05) is 48.5 Å². The molecule has 1 aliphatic heterocycles. The number of phenolic OH excluding ortho intramolecular Hbond substituents is 1. The normalized spacial score (nSPS) is 23.7. The molecular formula is C33H25N3O5. The number of hydrogen-bond donors (Lipinski definition) is 2. The van der Waals surface area contributed by atoms with Crippen LogP contribution < -0.4 is 15.1 Å². The van der Waals surface area contributed by atoms with Crippen LogP contribution in [0.2, 0.25) is 0 Å². The topological polar surface area (TPSA) is 108 Å². The predicted octanol–water partition coefficient (Wildman–Crippen LogP) is 4.37. The van der Waals surface area contributed by atoms with Gasteiger partial charge in [0.25, 0.3) is 5.91 Å². The van der Waals surface area contributed by atoms with E-state index in [0.717, 1.165) is 22.3 Å². The number of amides is 3. The van der Waals surface area contributed by atoms with Gasteiger partial charge in [0.2, 0.25) is 11.8 Å². The molecular weight excluding hydrogens is 518 g/mol. The molecule has 4 aromatic rings. The quantitative estimate of drug-likeness (QED) is 0.221. The Morgan fingerprint density at radius 3 is 2.17 bits per heavy atom. The minimum absolute atomic E-state index is 0.0719. The van der Waals surface area contributed by atoms with Crippen LogP contribution in [0.15, 0.2) is 102 Å². The van der Waals surface area contributed by atoms with Gasteiger partial charge in [0.05, 0.1) is 35.6 Å². The number of phenols is 1. The first-order chi connectivity index (χ1) is 20.0. The van der Waals surface area contributed by atoms with E-state index >= 15 is 0 Å². The van der Waals surface area contributed by atoms with Crippen molar-refractivity contribution in [2.24, 2.45) is 16.9 Å². The van der Waals surface area contributed by atoms with Gasteiger partial charge in [0.15, 0.2) is 0 Å². The zero-order valence-corrected chi connectivity index (χ0v) is 22.0. The Bertz CT molecular complexity index is 1730. The summed E-state index contributed by atoms with van der Waals surface area (Å²) in [6.07, 6.45) is 1.59. The van der Waals surface area contributed by atoms with E-state index in [0.29, 0.717) is 11.4 Å². The van der Waals surface area contributed by atoms with E-state index in [9.17, 15) is 19.5 Å². The van der Waals surface area contributed by atoms with Crippen LogP contribution in [-0.4, -0.2) is 36.2 Å². The summed E-state index contributed by atoms with van der Waals surface area (Å²) >= 11 is 0. The second-order valence-electron chi connectivity index (χ2n) is 10.4. The first-order valence-corrected chi connectivity index (χ1v) is 13.3.